The van der Waals surface area contributed by atoms with E-state index in [9.17, 15) is 4.39 Å². The molecule has 2 N–H and O–H groups in total. The zero-order valence-electron chi connectivity index (χ0n) is 13.3. The molecule has 118 valence electrons. The largest absolute Gasteiger partial charge is 0.494 e. The van der Waals surface area contributed by atoms with Crippen LogP contribution in [0.3, 0.4) is 0 Å². The summed E-state index contributed by atoms with van der Waals surface area (Å²) < 4.78 is 18.3. The second-order valence-corrected chi connectivity index (χ2v) is 5.33. The van der Waals surface area contributed by atoms with Crippen molar-refractivity contribution >= 4 is 5.96 Å². The van der Waals surface area contributed by atoms with Gasteiger partial charge in [-0.1, -0.05) is 13.8 Å². The average molecular weight is 295 g/mol. The van der Waals surface area contributed by atoms with Gasteiger partial charge in [-0.15, -0.1) is 0 Å². The van der Waals surface area contributed by atoms with E-state index in [1.807, 2.05) is 0 Å². The molecule has 1 atom stereocenters. The van der Waals surface area contributed by atoms with E-state index >= 15 is 0 Å². The zero-order chi connectivity index (χ0) is 15.7. The molecule has 0 aliphatic carbocycles. The molecule has 21 heavy (non-hydrogen) atoms. The first-order chi connectivity index (χ1) is 10.0. The first-order valence-electron chi connectivity index (χ1n) is 7.38. The van der Waals surface area contributed by atoms with E-state index in [1.54, 1.807) is 19.2 Å². The van der Waals surface area contributed by atoms with Crippen LogP contribution < -0.4 is 15.4 Å². The fourth-order valence-electron chi connectivity index (χ4n) is 1.58. The maximum atomic E-state index is 12.7. The lowest BCUT2D eigenvalue weighted by Crippen LogP contribution is -2.44. The third-order valence-electron chi connectivity index (χ3n) is 3.28. The molecule has 1 unspecified atom stereocenters. The Hall–Kier alpha value is -1.78. The number of rotatable bonds is 7. The van der Waals surface area contributed by atoms with E-state index in [2.05, 4.69) is 36.4 Å². The van der Waals surface area contributed by atoms with Gasteiger partial charge in [0.05, 0.1) is 6.61 Å². The number of hydrogen-bond acceptors (Lipinski definition) is 2. The molecule has 0 aliphatic heterocycles. The predicted molar refractivity (Wildman–Crippen MR) is 85.3 cm³/mol. The molecule has 0 aromatic heterocycles. The molecule has 0 spiro atoms. The van der Waals surface area contributed by atoms with Gasteiger partial charge in [-0.25, -0.2) is 4.39 Å². The van der Waals surface area contributed by atoms with Crippen LogP contribution in [0.25, 0.3) is 0 Å². The second kappa shape index (κ2) is 9.21. The molecular weight excluding hydrogens is 269 g/mol. The highest BCUT2D eigenvalue weighted by molar-refractivity contribution is 5.79. The molecule has 0 saturated carbocycles. The number of aliphatic imine (C=N–C) groups is 1. The van der Waals surface area contributed by atoms with Crippen LogP contribution in [-0.2, 0) is 0 Å². The Labute approximate surface area is 126 Å². The van der Waals surface area contributed by atoms with Crippen LogP contribution in [0.5, 0.6) is 5.75 Å². The van der Waals surface area contributed by atoms with E-state index in [0.29, 0.717) is 24.3 Å². The Kier molecular flexibility index (Phi) is 7.58. The highest BCUT2D eigenvalue weighted by atomic mass is 19.1. The van der Waals surface area contributed by atoms with Crippen LogP contribution in [-0.4, -0.2) is 32.2 Å². The van der Waals surface area contributed by atoms with Crippen LogP contribution in [0, 0.1) is 11.7 Å². The highest BCUT2D eigenvalue weighted by Gasteiger charge is 2.08. The van der Waals surface area contributed by atoms with E-state index in [-0.39, 0.29) is 5.82 Å². The van der Waals surface area contributed by atoms with Crippen molar-refractivity contribution in [2.75, 3.05) is 20.2 Å². The molecule has 1 rings (SSSR count). The lowest BCUT2D eigenvalue weighted by atomic mass is 10.1. The fraction of sp³-hybridized carbons (Fsp3) is 0.562. The molecule has 0 amide bonds. The number of halogens is 1. The summed E-state index contributed by atoms with van der Waals surface area (Å²) in [7, 11) is 1.76. The van der Waals surface area contributed by atoms with Crippen molar-refractivity contribution < 1.29 is 9.13 Å². The van der Waals surface area contributed by atoms with Crippen LogP contribution in [0.15, 0.2) is 29.3 Å². The Balaban J connectivity index is 2.19. The lowest BCUT2D eigenvalue weighted by Gasteiger charge is -2.20. The monoisotopic (exact) mass is 295 g/mol. The molecule has 5 heteroatoms. The summed E-state index contributed by atoms with van der Waals surface area (Å²) in [5, 5.41) is 6.59. The molecule has 1 aromatic rings. The van der Waals surface area contributed by atoms with Crippen molar-refractivity contribution in [1.29, 1.82) is 0 Å². The third kappa shape index (κ3) is 6.97. The van der Waals surface area contributed by atoms with Gasteiger partial charge >= 0.3 is 0 Å². The number of guanidine groups is 1. The van der Waals surface area contributed by atoms with Crippen molar-refractivity contribution in [2.45, 2.75) is 33.2 Å². The Morgan fingerprint density at radius 3 is 2.48 bits per heavy atom. The predicted octanol–water partition coefficient (Wildman–Crippen LogP) is 2.80. The SMILES string of the molecule is CN=C(NCCCOc1ccc(F)cc1)NC(C)C(C)C. The quantitative estimate of drug-likeness (QED) is 0.462. The summed E-state index contributed by atoms with van der Waals surface area (Å²) >= 11 is 0. The molecule has 0 aliphatic rings. The summed E-state index contributed by atoms with van der Waals surface area (Å²) in [6.07, 6.45) is 0.841. The minimum absolute atomic E-state index is 0.252. The van der Waals surface area contributed by atoms with Gasteiger partial charge in [-0.05, 0) is 43.5 Å². The minimum Gasteiger partial charge on any atom is -0.494 e. The van der Waals surface area contributed by atoms with Crippen LogP contribution in [0.1, 0.15) is 27.2 Å². The third-order valence-corrected chi connectivity index (χ3v) is 3.28. The van der Waals surface area contributed by atoms with Gasteiger partial charge in [0, 0.05) is 19.6 Å². The molecule has 0 bridgehead atoms. The van der Waals surface area contributed by atoms with Crippen molar-refractivity contribution in [3.8, 4) is 5.75 Å². The van der Waals surface area contributed by atoms with Crippen molar-refractivity contribution in [1.82, 2.24) is 10.6 Å². The summed E-state index contributed by atoms with van der Waals surface area (Å²) in [6.45, 7) is 7.82. The van der Waals surface area contributed by atoms with Gasteiger partial charge in [0.1, 0.15) is 11.6 Å². The van der Waals surface area contributed by atoms with Crippen molar-refractivity contribution in [2.24, 2.45) is 10.9 Å². The molecular formula is C16H26FN3O. The summed E-state index contributed by atoms with van der Waals surface area (Å²) in [5.74, 6) is 1.79. The van der Waals surface area contributed by atoms with E-state index in [0.717, 1.165) is 18.9 Å². The maximum absolute atomic E-state index is 12.7. The van der Waals surface area contributed by atoms with E-state index in [1.165, 1.54) is 12.1 Å². The van der Waals surface area contributed by atoms with Gasteiger partial charge < -0.3 is 15.4 Å². The second-order valence-electron chi connectivity index (χ2n) is 5.33. The Bertz CT molecular complexity index is 432. The van der Waals surface area contributed by atoms with Gasteiger partial charge in [0.15, 0.2) is 5.96 Å². The van der Waals surface area contributed by atoms with Crippen molar-refractivity contribution in [3.05, 3.63) is 30.1 Å². The van der Waals surface area contributed by atoms with Crippen molar-refractivity contribution in [3.63, 3.8) is 0 Å². The molecule has 1 aromatic carbocycles. The minimum atomic E-state index is -0.252. The zero-order valence-corrected chi connectivity index (χ0v) is 13.3. The number of hydrogen-bond donors (Lipinski definition) is 2. The van der Waals surface area contributed by atoms with Crippen LogP contribution >= 0.6 is 0 Å². The number of benzene rings is 1. The highest BCUT2D eigenvalue weighted by Crippen LogP contribution is 2.10. The van der Waals surface area contributed by atoms with E-state index in [4.69, 9.17) is 4.74 Å². The molecule has 4 nitrogen and oxygen atoms in total. The van der Waals surface area contributed by atoms with Crippen LogP contribution in [0.4, 0.5) is 4.39 Å². The first kappa shape index (κ1) is 17.3. The molecule has 0 fully saturated rings. The summed E-state index contributed by atoms with van der Waals surface area (Å²) in [6, 6.07) is 6.42. The number of nitrogens with zero attached hydrogens (tertiary/aromatic N) is 1. The van der Waals surface area contributed by atoms with Gasteiger partial charge in [-0.2, -0.15) is 0 Å². The number of nitrogens with one attached hydrogen (secondary N) is 2. The smallest absolute Gasteiger partial charge is 0.191 e. The summed E-state index contributed by atoms with van der Waals surface area (Å²) in [5.41, 5.74) is 0. The lowest BCUT2D eigenvalue weighted by molar-refractivity contribution is 0.310. The fourth-order valence-corrected chi connectivity index (χ4v) is 1.58. The van der Waals surface area contributed by atoms with Gasteiger partial charge in [-0.3, -0.25) is 4.99 Å². The Morgan fingerprint density at radius 1 is 1.24 bits per heavy atom. The molecule has 0 radical (unpaired) electrons. The standard InChI is InChI=1S/C16H26FN3O/c1-12(2)13(3)20-16(18-4)19-10-5-11-21-15-8-6-14(17)7-9-15/h6-9,12-13H,5,10-11H2,1-4H3,(H2,18,19,20). The molecule has 0 saturated heterocycles. The number of ether oxygens (including phenoxy) is 1. The first-order valence-corrected chi connectivity index (χ1v) is 7.38. The Morgan fingerprint density at radius 2 is 1.90 bits per heavy atom. The van der Waals surface area contributed by atoms with Gasteiger partial charge in [0.25, 0.3) is 0 Å². The topological polar surface area (TPSA) is 45.7 Å². The van der Waals surface area contributed by atoms with Gasteiger partial charge in [0.2, 0.25) is 0 Å². The van der Waals surface area contributed by atoms with Crippen LogP contribution in [0.2, 0.25) is 0 Å². The average Bonchev–Trinajstić information content (AvgIpc) is 2.47. The summed E-state index contributed by atoms with van der Waals surface area (Å²) in [4.78, 5) is 4.19. The normalized spacial score (nSPS) is 13.1. The molecule has 0 heterocycles. The van der Waals surface area contributed by atoms with E-state index < -0.39 is 0 Å². The maximum Gasteiger partial charge on any atom is 0.191 e.